The van der Waals surface area contributed by atoms with Crippen molar-refractivity contribution in [2.24, 2.45) is 0 Å². The van der Waals surface area contributed by atoms with Crippen LogP contribution >= 0.6 is 0 Å². The molecule has 4 rings (SSSR count). The number of rotatable bonds is 3. The van der Waals surface area contributed by atoms with Crippen molar-refractivity contribution in [3.63, 3.8) is 0 Å². The Balaban J connectivity index is 1.50. The van der Waals surface area contributed by atoms with Crippen LogP contribution < -0.4 is 5.32 Å². The molecule has 0 saturated carbocycles. The van der Waals surface area contributed by atoms with Gasteiger partial charge >= 0.3 is 0 Å². The van der Waals surface area contributed by atoms with Gasteiger partial charge in [-0.25, -0.2) is 4.39 Å². The molecule has 8 nitrogen and oxygen atoms in total. The molecule has 162 valence electrons. The first kappa shape index (κ1) is 20.9. The van der Waals surface area contributed by atoms with Crippen molar-refractivity contribution in [3.05, 3.63) is 60.2 Å². The van der Waals surface area contributed by atoms with Crippen LogP contribution in [0, 0.1) is 5.82 Å². The molecule has 0 radical (unpaired) electrons. The first-order valence-electron chi connectivity index (χ1n) is 10.0. The number of pyridine rings is 1. The minimum atomic E-state index is -0.936. The van der Waals surface area contributed by atoms with Gasteiger partial charge in [-0.1, -0.05) is 6.07 Å². The van der Waals surface area contributed by atoms with Gasteiger partial charge in [-0.3, -0.25) is 19.4 Å². The molecule has 1 aromatic carbocycles. The minimum absolute atomic E-state index is 0.0920. The van der Waals surface area contributed by atoms with E-state index in [1.807, 2.05) is 0 Å². The van der Waals surface area contributed by atoms with E-state index >= 15 is 0 Å². The monoisotopic (exact) mass is 426 g/mol. The lowest BCUT2D eigenvalue weighted by Gasteiger charge is -2.43. The lowest BCUT2D eigenvalue weighted by Crippen LogP contribution is -2.60. The van der Waals surface area contributed by atoms with Gasteiger partial charge in [-0.05, 0) is 36.8 Å². The summed E-state index contributed by atoms with van der Waals surface area (Å²) in [4.78, 5) is 45.0. The van der Waals surface area contributed by atoms with Crippen molar-refractivity contribution in [1.29, 1.82) is 0 Å². The number of hydrogen-bond donors (Lipinski definition) is 1. The summed E-state index contributed by atoms with van der Waals surface area (Å²) in [5.74, 6) is -1.28. The number of aromatic nitrogens is 1. The van der Waals surface area contributed by atoms with Crippen LogP contribution in [0.2, 0.25) is 0 Å². The molecule has 2 aromatic rings. The Hall–Kier alpha value is -3.33. The third kappa shape index (κ3) is 4.56. The summed E-state index contributed by atoms with van der Waals surface area (Å²) in [7, 11) is 0. The highest BCUT2D eigenvalue weighted by atomic mass is 19.1. The molecule has 2 atom stereocenters. The van der Waals surface area contributed by atoms with E-state index in [0.29, 0.717) is 30.8 Å². The highest BCUT2D eigenvalue weighted by Crippen LogP contribution is 2.33. The molecule has 0 aliphatic carbocycles. The predicted molar refractivity (Wildman–Crippen MR) is 110 cm³/mol. The van der Waals surface area contributed by atoms with Crippen LogP contribution in [0.25, 0.3) is 0 Å². The average molecular weight is 426 g/mol. The van der Waals surface area contributed by atoms with Gasteiger partial charge in [0.25, 0.3) is 11.8 Å². The third-order valence-electron chi connectivity index (χ3n) is 5.60. The van der Waals surface area contributed by atoms with Crippen LogP contribution in [0.1, 0.15) is 23.7 Å². The molecule has 9 heteroatoms. The van der Waals surface area contributed by atoms with E-state index < -0.39 is 23.4 Å². The fraction of sp³-hybridized carbons (Fsp3) is 0.364. The molecule has 2 saturated heterocycles. The highest BCUT2D eigenvalue weighted by molar-refractivity contribution is 5.95. The van der Waals surface area contributed by atoms with E-state index in [2.05, 4.69) is 10.3 Å². The van der Waals surface area contributed by atoms with Crippen LogP contribution in [0.5, 0.6) is 0 Å². The fourth-order valence-electron chi connectivity index (χ4n) is 4.07. The Morgan fingerprint density at radius 3 is 2.71 bits per heavy atom. The van der Waals surface area contributed by atoms with Gasteiger partial charge in [0, 0.05) is 31.5 Å². The molecule has 1 aromatic heterocycles. The number of benzene rings is 1. The highest BCUT2D eigenvalue weighted by Gasteiger charge is 2.49. The van der Waals surface area contributed by atoms with E-state index in [9.17, 15) is 18.8 Å². The Labute approximate surface area is 179 Å². The van der Waals surface area contributed by atoms with Gasteiger partial charge in [0.05, 0.1) is 25.2 Å². The van der Waals surface area contributed by atoms with Crippen molar-refractivity contribution in [2.75, 3.05) is 31.5 Å². The van der Waals surface area contributed by atoms with Crippen LogP contribution in [0.15, 0.2) is 48.8 Å². The lowest BCUT2D eigenvalue weighted by molar-refractivity contribution is -0.171. The van der Waals surface area contributed by atoms with Crippen LogP contribution in [-0.2, 0) is 14.3 Å². The van der Waals surface area contributed by atoms with Crippen LogP contribution in [0.3, 0.4) is 0 Å². The predicted octanol–water partition coefficient (Wildman–Crippen LogP) is 1.69. The molecule has 31 heavy (non-hydrogen) atoms. The van der Waals surface area contributed by atoms with Gasteiger partial charge in [-0.2, -0.15) is 0 Å². The number of ether oxygens (including phenoxy) is 1. The zero-order chi connectivity index (χ0) is 22.0. The molecular formula is C22H23FN4O4. The molecule has 3 heterocycles. The quantitative estimate of drug-likeness (QED) is 0.807. The number of hydrogen-bond acceptors (Lipinski definition) is 5. The smallest absolute Gasteiger partial charge is 0.255 e. The topological polar surface area (TPSA) is 91.8 Å². The number of carbonyl (C=O) groups excluding carboxylic acids is 3. The number of halogens is 1. The van der Waals surface area contributed by atoms with Gasteiger partial charge < -0.3 is 19.9 Å². The van der Waals surface area contributed by atoms with Crippen molar-refractivity contribution < 1.29 is 23.5 Å². The number of carbonyl (C=O) groups is 3. The largest absolute Gasteiger partial charge is 0.356 e. The number of amides is 3. The maximum Gasteiger partial charge on any atom is 0.255 e. The van der Waals surface area contributed by atoms with Gasteiger partial charge in [0.1, 0.15) is 11.4 Å². The summed E-state index contributed by atoms with van der Waals surface area (Å²) in [6, 6.07) is 8.95. The van der Waals surface area contributed by atoms with Gasteiger partial charge in [-0.15, -0.1) is 0 Å². The van der Waals surface area contributed by atoms with Crippen molar-refractivity contribution in [3.8, 4) is 0 Å². The average Bonchev–Trinajstić information content (AvgIpc) is 3.16. The Morgan fingerprint density at radius 2 is 2.00 bits per heavy atom. The molecule has 1 N–H and O–H groups in total. The van der Waals surface area contributed by atoms with Crippen LogP contribution in [0.4, 0.5) is 10.1 Å². The first-order chi connectivity index (χ1) is 14.8. The molecule has 1 spiro atoms. The second-order valence-electron chi connectivity index (χ2n) is 7.91. The fourth-order valence-corrected chi connectivity index (χ4v) is 4.07. The second-order valence-corrected chi connectivity index (χ2v) is 7.91. The number of nitrogens with one attached hydrogen (secondary N) is 1. The molecular weight excluding hydrogens is 403 g/mol. The molecule has 0 unspecified atom stereocenters. The Morgan fingerprint density at radius 1 is 1.19 bits per heavy atom. The zero-order valence-electron chi connectivity index (χ0n) is 17.1. The Kier molecular flexibility index (Phi) is 5.69. The van der Waals surface area contributed by atoms with E-state index in [4.69, 9.17) is 4.74 Å². The Bertz CT molecular complexity index is 1000. The normalized spacial score (nSPS) is 23.1. The summed E-state index contributed by atoms with van der Waals surface area (Å²) >= 11 is 0. The molecule has 3 amide bonds. The summed E-state index contributed by atoms with van der Waals surface area (Å²) < 4.78 is 19.6. The van der Waals surface area contributed by atoms with Crippen LogP contribution in [-0.4, -0.2) is 70.4 Å². The molecule has 2 aliphatic heterocycles. The van der Waals surface area contributed by atoms with Gasteiger partial charge in [0.2, 0.25) is 5.91 Å². The first-order valence-corrected chi connectivity index (χ1v) is 10.0. The van der Waals surface area contributed by atoms with Gasteiger partial charge in [0.15, 0.2) is 6.10 Å². The second kappa shape index (κ2) is 8.43. The standard InChI is InChI=1S/C22H23FN4O4/c1-15(28)27-12-19(20(29)25-18-6-2-5-17(23)10-18)31-22(14-27)7-9-26(13-22)21(30)16-4-3-8-24-11-16/h2-6,8,10-11,19H,7,9,12-14H2,1H3,(H,25,29)/t19-,22-/m0/s1. The van der Waals surface area contributed by atoms with E-state index in [-0.39, 0.29) is 24.9 Å². The van der Waals surface area contributed by atoms with E-state index in [1.165, 1.54) is 31.3 Å². The van der Waals surface area contributed by atoms with Crippen molar-refractivity contribution >= 4 is 23.4 Å². The number of nitrogens with zero attached hydrogens (tertiary/aromatic N) is 3. The van der Waals surface area contributed by atoms with E-state index in [0.717, 1.165) is 0 Å². The minimum Gasteiger partial charge on any atom is -0.356 e. The summed E-state index contributed by atoms with van der Waals surface area (Å²) in [5.41, 5.74) is -0.0623. The lowest BCUT2D eigenvalue weighted by atomic mass is 9.98. The maximum absolute atomic E-state index is 13.4. The zero-order valence-corrected chi connectivity index (χ0v) is 17.1. The van der Waals surface area contributed by atoms with Crippen molar-refractivity contribution in [1.82, 2.24) is 14.8 Å². The molecule has 2 aliphatic rings. The summed E-state index contributed by atoms with van der Waals surface area (Å²) in [6.07, 6.45) is 2.66. The van der Waals surface area contributed by atoms with E-state index in [1.54, 1.807) is 34.2 Å². The summed E-state index contributed by atoms with van der Waals surface area (Å²) in [5, 5.41) is 2.65. The SMILES string of the molecule is CC(=O)N1C[C@@H](C(=O)Nc2cccc(F)c2)O[C@]2(CCN(C(=O)c3cccnc3)C2)C1. The molecule has 0 bridgehead atoms. The summed E-state index contributed by atoms with van der Waals surface area (Å²) in [6.45, 7) is 2.53. The molecule has 2 fully saturated rings. The number of anilines is 1. The van der Waals surface area contributed by atoms with Crippen molar-refractivity contribution in [2.45, 2.75) is 25.0 Å². The number of likely N-dealkylation sites (tertiary alicyclic amines) is 1. The third-order valence-corrected chi connectivity index (χ3v) is 5.60. The maximum atomic E-state index is 13.4. The number of morpholine rings is 1.